The van der Waals surface area contributed by atoms with E-state index in [2.05, 4.69) is 29.0 Å². The lowest BCUT2D eigenvalue weighted by molar-refractivity contribution is -0.00850. The molecule has 0 radical (unpaired) electrons. The molecule has 1 unspecified atom stereocenters. The van der Waals surface area contributed by atoms with Crippen LogP contribution in [0.5, 0.6) is 5.88 Å². The molecule has 1 saturated heterocycles. The Morgan fingerprint density at radius 1 is 1.20 bits per heavy atom. The predicted octanol–water partition coefficient (Wildman–Crippen LogP) is 3.90. The largest absolute Gasteiger partial charge is 0.474 e. The van der Waals surface area contributed by atoms with Gasteiger partial charge in [-0.15, -0.1) is 11.3 Å². The summed E-state index contributed by atoms with van der Waals surface area (Å²) in [6.07, 6.45) is 10.9. The van der Waals surface area contributed by atoms with Crippen molar-refractivity contribution in [1.29, 1.82) is 0 Å². The first-order valence-corrected chi connectivity index (χ1v) is 12.3. The summed E-state index contributed by atoms with van der Waals surface area (Å²) >= 11 is 1.78. The van der Waals surface area contributed by atoms with E-state index in [1.807, 2.05) is 0 Å². The lowest BCUT2D eigenvalue weighted by Crippen LogP contribution is -2.35. The van der Waals surface area contributed by atoms with Gasteiger partial charge in [0, 0.05) is 17.5 Å². The maximum Gasteiger partial charge on any atom is 0.225 e. The Labute approximate surface area is 182 Å². The first-order chi connectivity index (χ1) is 14.6. The zero-order valence-corrected chi connectivity index (χ0v) is 18.9. The van der Waals surface area contributed by atoms with E-state index in [0.717, 1.165) is 67.6 Å². The highest BCUT2D eigenvalue weighted by Crippen LogP contribution is 2.48. The summed E-state index contributed by atoms with van der Waals surface area (Å²) in [4.78, 5) is 13.9. The van der Waals surface area contributed by atoms with Crippen LogP contribution in [-0.4, -0.2) is 65.0 Å². The third-order valence-electron chi connectivity index (χ3n) is 7.27. The molecule has 2 fully saturated rings. The number of aryl methyl sites for hydroxylation is 1. The third kappa shape index (κ3) is 3.97. The monoisotopic (exact) mass is 431 g/mol. The van der Waals surface area contributed by atoms with E-state index < -0.39 is 6.10 Å². The number of fused-ring (bicyclic) bond motifs is 3. The summed E-state index contributed by atoms with van der Waals surface area (Å²) in [5, 5.41) is 11.9. The van der Waals surface area contributed by atoms with Crippen molar-refractivity contribution in [3.8, 4) is 5.88 Å². The van der Waals surface area contributed by atoms with Crippen LogP contribution in [0.1, 0.15) is 67.7 Å². The molecule has 0 aromatic carbocycles. The zero-order valence-electron chi connectivity index (χ0n) is 18.0. The average Bonchev–Trinajstić information content (AvgIpc) is 3.46. The minimum Gasteiger partial charge on any atom is -0.474 e. The van der Waals surface area contributed by atoms with Gasteiger partial charge >= 0.3 is 0 Å². The molecule has 164 valence electrons. The van der Waals surface area contributed by atoms with Gasteiger partial charge in [-0.25, -0.2) is 9.97 Å². The molecule has 1 N–H and O–H groups in total. The second-order valence-corrected chi connectivity index (χ2v) is 10.5. The van der Waals surface area contributed by atoms with Crippen LogP contribution in [0, 0.1) is 0 Å². The Kier molecular flexibility index (Phi) is 5.97. The third-order valence-corrected chi connectivity index (χ3v) is 8.44. The normalized spacial score (nSPS) is 30.1. The van der Waals surface area contributed by atoms with Crippen LogP contribution < -0.4 is 4.74 Å². The zero-order chi connectivity index (χ0) is 20.7. The molecule has 1 aliphatic heterocycles. The highest BCUT2D eigenvalue weighted by molar-refractivity contribution is 7.19. The summed E-state index contributed by atoms with van der Waals surface area (Å²) in [6, 6.07) is 0.657. The van der Waals surface area contributed by atoms with Gasteiger partial charge in [0.25, 0.3) is 0 Å². The Bertz CT molecular complexity index is 872. The Hall–Kier alpha value is -1.28. The van der Waals surface area contributed by atoms with Gasteiger partial charge in [-0.3, -0.25) is 0 Å². The molecule has 2 aromatic rings. The second kappa shape index (κ2) is 8.69. The number of rotatable bonds is 6. The lowest BCUT2D eigenvalue weighted by Gasteiger charge is -2.32. The fraction of sp³-hybridized carbons (Fsp3) is 0.739. The number of aliphatic hydroxyl groups excluding tert-OH is 1. The van der Waals surface area contributed by atoms with Crippen LogP contribution in [0.4, 0.5) is 0 Å². The van der Waals surface area contributed by atoms with E-state index >= 15 is 0 Å². The fourth-order valence-corrected chi connectivity index (χ4v) is 6.78. The van der Waals surface area contributed by atoms with Crippen LogP contribution >= 0.6 is 11.3 Å². The first kappa shape index (κ1) is 20.6. The highest BCUT2D eigenvalue weighted by atomic mass is 32.1. The van der Waals surface area contributed by atoms with Crippen LogP contribution in [0.15, 0.2) is 6.33 Å². The van der Waals surface area contributed by atoms with Gasteiger partial charge in [-0.2, -0.15) is 0 Å². The van der Waals surface area contributed by atoms with Gasteiger partial charge in [0.2, 0.25) is 5.88 Å². The van der Waals surface area contributed by atoms with E-state index in [4.69, 9.17) is 9.47 Å². The molecule has 5 rings (SSSR count). The molecule has 0 bridgehead atoms. The van der Waals surface area contributed by atoms with Gasteiger partial charge in [-0.05, 0) is 83.4 Å². The minimum atomic E-state index is -0.395. The molecule has 0 spiro atoms. The minimum absolute atomic E-state index is 0.00204. The number of hydrogen-bond donors (Lipinski definition) is 1. The van der Waals surface area contributed by atoms with Gasteiger partial charge in [0.05, 0.1) is 17.6 Å². The summed E-state index contributed by atoms with van der Waals surface area (Å²) in [6.45, 7) is 0.779. The van der Waals surface area contributed by atoms with E-state index in [1.54, 1.807) is 17.7 Å². The molecule has 1 saturated carbocycles. The van der Waals surface area contributed by atoms with Crippen LogP contribution in [-0.2, 0) is 11.2 Å². The molecule has 6 nitrogen and oxygen atoms in total. The number of nitrogens with zero attached hydrogens (tertiary/aromatic N) is 3. The van der Waals surface area contributed by atoms with E-state index in [-0.39, 0.29) is 12.2 Å². The summed E-state index contributed by atoms with van der Waals surface area (Å²) < 4.78 is 12.2. The van der Waals surface area contributed by atoms with Crippen LogP contribution in [0.3, 0.4) is 0 Å². The Morgan fingerprint density at radius 3 is 2.77 bits per heavy atom. The maximum absolute atomic E-state index is 10.8. The van der Waals surface area contributed by atoms with Crippen LogP contribution in [0.25, 0.3) is 10.2 Å². The van der Waals surface area contributed by atoms with Crippen molar-refractivity contribution in [1.82, 2.24) is 14.9 Å². The van der Waals surface area contributed by atoms with Gasteiger partial charge < -0.3 is 19.5 Å². The molecular weight excluding hydrogens is 398 g/mol. The summed E-state index contributed by atoms with van der Waals surface area (Å²) in [5.74, 6) is 1.09. The number of hydrogen-bond acceptors (Lipinski definition) is 7. The van der Waals surface area contributed by atoms with Crippen molar-refractivity contribution >= 4 is 21.6 Å². The van der Waals surface area contributed by atoms with E-state index in [9.17, 15) is 5.11 Å². The van der Waals surface area contributed by atoms with Crippen molar-refractivity contribution in [2.75, 3.05) is 20.7 Å². The molecule has 30 heavy (non-hydrogen) atoms. The SMILES string of the molecule is CN(C)[C@H]1CC[C@H](Oc2ncnc3sc4c(c23)[C@@H](C[C@@H](O)C2CCCO2)CC4)CC1. The van der Waals surface area contributed by atoms with E-state index in [1.165, 1.54) is 23.3 Å². The highest BCUT2D eigenvalue weighted by Gasteiger charge is 2.35. The topological polar surface area (TPSA) is 67.7 Å². The van der Waals surface area contributed by atoms with Crippen molar-refractivity contribution in [3.05, 3.63) is 16.8 Å². The second-order valence-electron chi connectivity index (χ2n) is 9.40. The van der Waals surface area contributed by atoms with Gasteiger partial charge in [0.15, 0.2) is 0 Å². The molecule has 2 aliphatic carbocycles. The van der Waals surface area contributed by atoms with Crippen molar-refractivity contribution in [2.45, 2.75) is 88.1 Å². The molecule has 3 aliphatic rings. The molecule has 3 atom stereocenters. The quantitative estimate of drug-likeness (QED) is 0.748. The Balaban J connectivity index is 1.36. The first-order valence-electron chi connectivity index (χ1n) is 11.5. The molecule has 0 amide bonds. The molecule has 3 heterocycles. The van der Waals surface area contributed by atoms with Crippen molar-refractivity contribution < 1.29 is 14.6 Å². The van der Waals surface area contributed by atoms with E-state index in [0.29, 0.717) is 12.0 Å². The number of aliphatic hydroxyl groups is 1. The standard InChI is InChI=1S/C23H33N3O3S/c1-26(2)15-6-8-16(9-7-15)29-22-21-20-14(12-17(27)18-4-3-11-28-18)5-10-19(20)30-23(21)25-13-24-22/h13-18,27H,3-12H2,1-2H3/t14-,15-,16-,17-,18?/m1/s1. The van der Waals surface area contributed by atoms with Crippen molar-refractivity contribution in [2.24, 2.45) is 0 Å². The molecular formula is C23H33N3O3S. The van der Waals surface area contributed by atoms with Crippen LogP contribution in [0.2, 0.25) is 0 Å². The lowest BCUT2D eigenvalue weighted by atomic mass is 9.91. The smallest absolute Gasteiger partial charge is 0.225 e. The average molecular weight is 432 g/mol. The summed E-state index contributed by atoms with van der Waals surface area (Å²) in [5.41, 5.74) is 1.34. The fourth-order valence-electron chi connectivity index (χ4n) is 5.55. The summed E-state index contributed by atoms with van der Waals surface area (Å²) in [7, 11) is 4.33. The number of thiophene rings is 1. The molecule has 7 heteroatoms. The Morgan fingerprint density at radius 2 is 2.03 bits per heavy atom. The predicted molar refractivity (Wildman–Crippen MR) is 118 cm³/mol. The van der Waals surface area contributed by atoms with Gasteiger partial charge in [0.1, 0.15) is 17.3 Å². The number of ether oxygens (including phenoxy) is 2. The maximum atomic E-state index is 10.8. The van der Waals surface area contributed by atoms with Gasteiger partial charge in [-0.1, -0.05) is 0 Å². The van der Waals surface area contributed by atoms with Crippen molar-refractivity contribution in [3.63, 3.8) is 0 Å². The number of aromatic nitrogens is 2. The molecule has 2 aromatic heterocycles.